The first-order chi connectivity index (χ1) is 29.2. The number of ether oxygens (including phenoxy) is 3. The minimum absolute atomic E-state index is 0.0743. The van der Waals surface area contributed by atoms with Crippen molar-refractivity contribution in [1.29, 1.82) is 0 Å². The number of imidazole rings is 2. The molecular weight excluding hydrogens is 781 g/mol. The number of hydrogen-bond acceptors (Lipinski definition) is 9. The van der Waals surface area contributed by atoms with Crippen LogP contribution in [0.1, 0.15) is 83.2 Å². The van der Waals surface area contributed by atoms with Crippen LogP contribution < -0.4 is 10.1 Å². The minimum atomic E-state index is -1.14. The van der Waals surface area contributed by atoms with Gasteiger partial charge in [0, 0.05) is 37.7 Å². The van der Waals surface area contributed by atoms with Crippen LogP contribution in [-0.4, -0.2) is 116 Å². The van der Waals surface area contributed by atoms with E-state index in [2.05, 4.69) is 58.6 Å². The Morgan fingerprint density at radius 2 is 1.75 bits per heavy atom. The number of likely N-dealkylation sites (tertiary alicyclic amines) is 2. The lowest BCUT2D eigenvalue weighted by atomic mass is 9.92. The maximum absolute atomic E-state index is 14.0. The van der Waals surface area contributed by atoms with Crippen molar-refractivity contribution in [3.05, 3.63) is 65.9 Å². The van der Waals surface area contributed by atoms with Crippen LogP contribution in [0.3, 0.4) is 0 Å². The van der Waals surface area contributed by atoms with E-state index in [0.29, 0.717) is 37.6 Å². The Hall–Kier alpha value is -6.16. The van der Waals surface area contributed by atoms with Crippen molar-refractivity contribution in [2.75, 3.05) is 27.8 Å². The number of aromatic amines is 2. The van der Waals surface area contributed by atoms with Gasteiger partial charge in [-0.25, -0.2) is 19.6 Å². The number of H-pyrrole nitrogens is 2. The molecule has 2 fully saturated rings. The molecule has 4 N–H and O–H groups in total. The van der Waals surface area contributed by atoms with E-state index < -0.39 is 30.4 Å². The zero-order chi connectivity index (χ0) is 43.4. The molecule has 3 aliphatic heterocycles. The molecule has 2 aromatic heterocycles. The molecule has 8 rings (SSSR count). The summed E-state index contributed by atoms with van der Waals surface area (Å²) < 4.78 is 16.7. The molecule has 5 aromatic rings. The van der Waals surface area contributed by atoms with Gasteiger partial charge in [-0.3, -0.25) is 14.5 Å². The predicted octanol–water partition coefficient (Wildman–Crippen LogP) is 7.02. The summed E-state index contributed by atoms with van der Waals surface area (Å²) in [6.07, 6.45) is 1.58. The summed E-state index contributed by atoms with van der Waals surface area (Å²) in [4.78, 5) is 73.4. The number of alkyl carbamates (subject to hydrolysis) is 1. The van der Waals surface area contributed by atoms with E-state index in [1.54, 1.807) is 22.9 Å². The van der Waals surface area contributed by atoms with E-state index >= 15 is 0 Å². The topological polar surface area (TPSA) is 195 Å². The minimum Gasteiger partial charge on any atom is -0.488 e. The van der Waals surface area contributed by atoms with E-state index in [0.717, 1.165) is 66.8 Å². The number of methoxy groups -OCH3 is 2. The second-order valence-electron chi connectivity index (χ2n) is 17.2. The van der Waals surface area contributed by atoms with Gasteiger partial charge in [-0.15, -0.1) is 0 Å². The van der Waals surface area contributed by atoms with Crippen LogP contribution in [0.5, 0.6) is 5.75 Å². The molecule has 16 heteroatoms. The molecule has 322 valence electrons. The molecule has 61 heavy (non-hydrogen) atoms. The summed E-state index contributed by atoms with van der Waals surface area (Å²) in [5, 5.41) is 14.3. The van der Waals surface area contributed by atoms with Gasteiger partial charge in [0.1, 0.15) is 36.1 Å². The maximum Gasteiger partial charge on any atom is 0.407 e. The first kappa shape index (κ1) is 41.6. The first-order valence-electron chi connectivity index (χ1n) is 20.9. The van der Waals surface area contributed by atoms with Gasteiger partial charge < -0.3 is 44.4 Å². The zero-order valence-corrected chi connectivity index (χ0v) is 35.8. The molecular formula is C45H54N8O8. The second-order valence-corrected chi connectivity index (χ2v) is 17.2. The highest BCUT2D eigenvalue weighted by Gasteiger charge is 2.43. The summed E-state index contributed by atoms with van der Waals surface area (Å²) >= 11 is 0. The van der Waals surface area contributed by atoms with Crippen molar-refractivity contribution in [2.24, 2.45) is 11.8 Å². The van der Waals surface area contributed by atoms with Crippen molar-refractivity contribution in [2.45, 2.75) is 96.8 Å². The number of nitrogens with zero attached hydrogens (tertiary/aromatic N) is 5. The summed E-state index contributed by atoms with van der Waals surface area (Å²) in [5.74, 6) is 1.65. The summed E-state index contributed by atoms with van der Waals surface area (Å²) in [7, 11) is 4.21. The highest BCUT2D eigenvalue weighted by atomic mass is 16.5. The van der Waals surface area contributed by atoms with Gasteiger partial charge in [0.25, 0.3) is 0 Å². The lowest BCUT2D eigenvalue weighted by Gasteiger charge is -2.33. The third-order valence-electron chi connectivity index (χ3n) is 12.8. The Morgan fingerprint density at radius 1 is 0.967 bits per heavy atom. The molecule has 0 aliphatic carbocycles. The van der Waals surface area contributed by atoms with Crippen molar-refractivity contribution in [3.8, 4) is 28.1 Å². The van der Waals surface area contributed by atoms with Gasteiger partial charge in [0.2, 0.25) is 11.8 Å². The highest BCUT2D eigenvalue weighted by Crippen LogP contribution is 2.44. The van der Waals surface area contributed by atoms with Crippen LogP contribution in [0.4, 0.5) is 9.59 Å². The van der Waals surface area contributed by atoms with Crippen LogP contribution in [-0.2, 0) is 25.7 Å². The number of amides is 4. The smallest absolute Gasteiger partial charge is 0.407 e. The molecule has 3 aliphatic rings. The van der Waals surface area contributed by atoms with Crippen LogP contribution >= 0.6 is 0 Å². The monoisotopic (exact) mass is 834 g/mol. The Balaban J connectivity index is 1.05. The molecule has 0 spiro atoms. The highest BCUT2D eigenvalue weighted by molar-refractivity contribution is 6.07. The Morgan fingerprint density at radius 3 is 2.48 bits per heavy atom. The molecule has 3 aromatic carbocycles. The first-order valence-corrected chi connectivity index (χ1v) is 20.9. The van der Waals surface area contributed by atoms with Crippen molar-refractivity contribution in [3.63, 3.8) is 0 Å². The maximum atomic E-state index is 14.0. The fourth-order valence-corrected chi connectivity index (χ4v) is 9.51. The molecule has 0 saturated carbocycles. The molecule has 0 bridgehead atoms. The Kier molecular flexibility index (Phi) is 11.2. The number of hydrogen-bond donors (Lipinski definition) is 4. The van der Waals surface area contributed by atoms with Gasteiger partial charge in [0.15, 0.2) is 0 Å². The van der Waals surface area contributed by atoms with E-state index in [4.69, 9.17) is 24.2 Å². The Bertz CT molecular complexity index is 2510. The van der Waals surface area contributed by atoms with Gasteiger partial charge in [0.05, 0.1) is 48.2 Å². The number of carboxylic acid groups (broad SMARTS) is 1. The van der Waals surface area contributed by atoms with E-state index in [9.17, 15) is 24.3 Å². The second kappa shape index (κ2) is 16.4. The third-order valence-corrected chi connectivity index (χ3v) is 12.8. The average molecular weight is 835 g/mol. The molecule has 4 amide bonds. The number of rotatable bonds is 10. The lowest BCUT2D eigenvalue weighted by molar-refractivity contribution is -0.140. The van der Waals surface area contributed by atoms with E-state index in [1.165, 1.54) is 21.3 Å². The number of aromatic nitrogens is 4. The van der Waals surface area contributed by atoms with Crippen LogP contribution in [0.25, 0.3) is 44.2 Å². The van der Waals surface area contributed by atoms with E-state index in [-0.39, 0.29) is 41.8 Å². The average Bonchev–Trinajstić information content (AvgIpc) is 4.07. The van der Waals surface area contributed by atoms with Gasteiger partial charge >= 0.3 is 12.2 Å². The van der Waals surface area contributed by atoms with Crippen LogP contribution in [0.15, 0.2) is 48.7 Å². The van der Waals surface area contributed by atoms with Gasteiger partial charge in [-0.1, -0.05) is 39.0 Å². The summed E-state index contributed by atoms with van der Waals surface area (Å²) in [5.41, 5.74) is 6.44. The largest absolute Gasteiger partial charge is 0.488 e. The SMILES string of the molecule is COC(=O)N[C@H](C(=O)N1[C@@H](C)CC[C@H]1c1ncc(-c2ccc3c(c2)COc2cc4c(ccc5nc([C@@H]6C[C@H](C)CN6C(=O)[C@H](C(C)C)N(C)C(=O)O)[nH]c54)cc2-3)[nH]1)[C@@H](C)OC. The lowest BCUT2D eigenvalue weighted by Crippen LogP contribution is -2.55. The Labute approximate surface area is 353 Å². The molecule has 0 radical (unpaired) electrons. The fourth-order valence-electron chi connectivity index (χ4n) is 9.51. The third kappa shape index (κ3) is 7.51. The number of benzene rings is 3. The zero-order valence-electron chi connectivity index (χ0n) is 35.8. The summed E-state index contributed by atoms with van der Waals surface area (Å²) in [6, 6.07) is 12.1. The molecule has 0 unspecified atom stereocenters. The van der Waals surface area contributed by atoms with Crippen LogP contribution in [0.2, 0.25) is 0 Å². The number of carbonyl (C=O) groups excluding carboxylic acids is 3. The number of carbonyl (C=O) groups is 4. The van der Waals surface area contributed by atoms with Gasteiger partial charge in [-0.2, -0.15) is 0 Å². The summed E-state index contributed by atoms with van der Waals surface area (Å²) in [6.45, 7) is 10.4. The fraction of sp³-hybridized carbons (Fsp3) is 0.467. The normalized spacial score (nSPS) is 21.2. The quantitative estimate of drug-likeness (QED) is 0.114. The van der Waals surface area contributed by atoms with Crippen molar-refractivity contribution in [1.82, 2.24) is 40.0 Å². The molecule has 16 nitrogen and oxygen atoms in total. The van der Waals surface area contributed by atoms with Crippen molar-refractivity contribution >= 4 is 45.8 Å². The number of fused-ring (bicyclic) bond motifs is 6. The van der Waals surface area contributed by atoms with E-state index in [1.807, 2.05) is 26.8 Å². The number of likely N-dealkylation sites (N-methyl/N-ethyl adjacent to an activating group) is 1. The van der Waals surface area contributed by atoms with Crippen LogP contribution in [0, 0.1) is 11.8 Å². The molecule has 5 heterocycles. The number of nitrogens with one attached hydrogen (secondary N) is 3. The molecule has 2 saturated heterocycles. The standard InChI is InChI=1S/C45H54N8O8/c1-22(2)39(51(6)45(57)58)43(55)52-20-23(3)15-35(52)41-47-32-13-11-26-17-31-29-12-10-27(16-28(29)21-61-36(31)18-30(26)38(32)49-41)33-19-46-40(48-33)34-14-9-24(4)53(34)42(54)37(25(5)59-7)50-44(56)60-8/h10-13,16-19,22-25,34-35,37,39H,9,14-15,20-21H2,1-8H3,(H,46,48)(H,47,49)(H,50,56)(H,57,58)/t23-,24-,25+,34-,35-,37-,39-/m0/s1. The van der Waals surface area contributed by atoms with Crippen molar-refractivity contribution < 1.29 is 38.5 Å². The van der Waals surface area contributed by atoms with Gasteiger partial charge in [-0.05, 0) is 91.3 Å². The predicted molar refractivity (Wildman–Crippen MR) is 228 cm³/mol. The molecule has 7 atom stereocenters.